The third-order valence-corrected chi connectivity index (χ3v) is 5.03. The molecule has 1 fully saturated rings. The van der Waals surface area contributed by atoms with Gasteiger partial charge < -0.3 is 14.8 Å². The summed E-state index contributed by atoms with van der Waals surface area (Å²) in [6.07, 6.45) is 1.07. The molecule has 5 heteroatoms. The van der Waals surface area contributed by atoms with Crippen molar-refractivity contribution in [2.75, 3.05) is 26.7 Å². The van der Waals surface area contributed by atoms with Crippen LogP contribution in [-0.4, -0.2) is 42.1 Å². The van der Waals surface area contributed by atoms with Crippen molar-refractivity contribution in [3.05, 3.63) is 52.3 Å². The Hall–Kier alpha value is -1.78. The van der Waals surface area contributed by atoms with Gasteiger partial charge in [-0.3, -0.25) is 4.79 Å². The van der Waals surface area contributed by atoms with E-state index < -0.39 is 0 Å². The molecule has 1 saturated heterocycles. The second-order valence-corrected chi connectivity index (χ2v) is 7.00. The molecule has 0 saturated carbocycles. The normalized spacial score (nSPS) is 17.5. The highest BCUT2D eigenvalue weighted by atomic mass is 35.5. The fourth-order valence-electron chi connectivity index (χ4n) is 3.63. The van der Waals surface area contributed by atoms with Gasteiger partial charge in [0.25, 0.3) is 5.91 Å². The Morgan fingerprint density at radius 2 is 2.12 bits per heavy atom. The first-order valence-corrected chi connectivity index (χ1v) is 8.77. The highest BCUT2D eigenvalue weighted by Gasteiger charge is 2.28. The Labute approximate surface area is 148 Å². The summed E-state index contributed by atoms with van der Waals surface area (Å²) in [5.41, 5.74) is 3.80. The molecule has 1 aliphatic rings. The number of nitrogens with zero attached hydrogens (tertiary/aromatic N) is 2. The number of carbonyl (C=O) groups excluding carboxylic acids is 1. The smallest absolute Gasteiger partial charge is 0.255 e. The second-order valence-electron chi connectivity index (χ2n) is 6.56. The molecular weight excluding hydrogens is 322 g/mol. The van der Waals surface area contributed by atoms with Crippen molar-refractivity contribution in [2.24, 2.45) is 5.92 Å². The number of aromatic nitrogens is 1. The number of likely N-dealkylation sites (tertiary alicyclic amines) is 1. The van der Waals surface area contributed by atoms with Crippen LogP contribution < -0.4 is 5.32 Å². The maximum Gasteiger partial charge on any atom is 0.255 e. The highest BCUT2D eigenvalue weighted by molar-refractivity contribution is 6.30. The van der Waals surface area contributed by atoms with Crippen LogP contribution in [0.3, 0.4) is 0 Å². The largest absolute Gasteiger partial charge is 0.338 e. The van der Waals surface area contributed by atoms with Gasteiger partial charge in [-0.1, -0.05) is 17.7 Å². The first-order valence-electron chi connectivity index (χ1n) is 8.40. The summed E-state index contributed by atoms with van der Waals surface area (Å²) in [5, 5.41) is 3.90. The fourth-order valence-corrected chi connectivity index (χ4v) is 3.82. The Balaban J connectivity index is 1.88. The van der Waals surface area contributed by atoms with Crippen LogP contribution in [0.15, 0.2) is 30.3 Å². The van der Waals surface area contributed by atoms with Gasteiger partial charge in [0.05, 0.1) is 5.56 Å². The molecule has 1 amide bonds. The molecule has 1 aromatic heterocycles. The van der Waals surface area contributed by atoms with Crippen LogP contribution in [0.1, 0.15) is 28.2 Å². The first kappa shape index (κ1) is 17.1. The van der Waals surface area contributed by atoms with E-state index in [4.69, 9.17) is 11.6 Å². The summed E-state index contributed by atoms with van der Waals surface area (Å²) >= 11 is 6.12. The zero-order chi connectivity index (χ0) is 17.3. The van der Waals surface area contributed by atoms with Crippen LogP contribution in [0.5, 0.6) is 0 Å². The molecule has 0 spiro atoms. The van der Waals surface area contributed by atoms with Crippen molar-refractivity contribution in [1.29, 1.82) is 0 Å². The lowest BCUT2D eigenvalue weighted by Gasteiger charge is -2.17. The molecule has 1 unspecified atom stereocenters. The van der Waals surface area contributed by atoms with Crippen molar-refractivity contribution >= 4 is 17.5 Å². The lowest BCUT2D eigenvalue weighted by Crippen LogP contribution is -2.30. The average molecular weight is 346 g/mol. The Bertz CT molecular complexity index is 753. The third-order valence-electron chi connectivity index (χ3n) is 4.79. The minimum absolute atomic E-state index is 0.134. The SMILES string of the molecule is CNCC1CCN(C(=O)c2cc(C)n(-c3cccc(Cl)c3)c2C)C1. The van der Waals surface area contributed by atoms with Gasteiger partial charge in [-0.15, -0.1) is 0 Å². The molecule has 24 heavy (non-hydrogen) atoms. The van der Waals surface area contributed by atoms with Crippen LogP contribution in [0, 0.1) is 19.8 Å². The Kier molecular flexibility index (Phi) is 4.97. The van der Waals surface area contributed by atoms with Crippen molar-refractivity contribution < 1.29 is 4.79 Å². The van der Waals surface area contributed by atoms with E-state index in [0.29, 0.717) is 10.9 Å². The molecule has 0 radical (unpaired) electrons. The minimum Gasteiger partial charge on any atom is -0.338 e. The Morgan fingerprint density at radius 1 is 1.33 bits per heavy atom. The average Bonchev–Trinajstić information content (AvgIpc) is 3.12. The summed E-state index contributed by atoms with van der Waals surface area (Å²) in [6, 6.07) is 9.72. The van der Waals surface area contributed by atoms with Gasteiger partial charge in [0.15, 0.2) is 0 Å². The molecule has 1 atom stereocenters. The second kappa shape index (κ2) is 6.99. The summed E-state index contributed by atoms with van der Waals surface area (Å²) < 4.78 is 2.10. The van der Waals surface area contributed by atoms with E-state index >= 15 is 0 Å². The highest BCUT2D eigenvalue weighted by Crippen LogP contribution is 2.25. The van der Waals surface area contributed by atoms with E-state index in [2.05, 4.69) is 9.88 Å². The van der Waals surface area contributed by atoms with Gasteiger partial charge in [-0.2, -0.15) is 0 Å². The summed E-state index contributed by atoms with van der Waals surface area (Å²) in [4.78, 5) is 14.9. The fraction of sp³-hybridized carbons (Fsp3) is 0.421. The van der Waals surface area contributed by atoms with Crippen molar-refractivity contribution in [2.45, 2.75) is 20.3 Å². The van der Waals surface area contributed by atoms with E-state index in [9.17, 15) is 4.79 Å². The number of halogens is 1. The van der Waals surface area contributed by atoms with Gasteiger partial charge in [0.2, 0.25) is 0 Å². The molecule has 2 heterocycles. The van der Waals surface area contributed by atoms with Crippen LogP contribution in [0.4, 0.5) is 0 Å². The summed E-state index contributed by atoms with van der Waals surface area (Å²) in [7, 11) is 1.96. The van der Waals surface area contributed by atoms with E-state index in [0.717, 1.165) is 48.7 Å². The van der Waals surface area contributed by atoms with Crippen molar-refractivity contribution in [3.63, 3.8) is 0 Å². The number of amides is 1. The van der Waals surface area contributed by atoms with Gasteiger partial charge in [-0.25, -0.2) is 0 Å². The zero-order valence-electron chi connectivity index (χ0n) is 14.5. The molecule has 1 N–H and O–H groups in total. The van der Waals surface area contributed by atoms with Crippen LogP contribution in [0.25, 0.3) is 5.69 Å². The molecule has 1 aliphatic heterocycles. The van der Waals surface area contributed by atoms with E-state index in [1.165, 1.54) is 0 Å². The predicted octanol–water partition coefficient (Wildman–Crippen LogP) is 3.43. The summed E-state index contributed by atoms with van der Waals surface area (Å²) in [6.45, 7) is 6.67. The molecule has 3 rings (SSSR count). The lowest BCUT2D eigenvalue weighted by atomic mass is 10.1. The van der Waals surface area contributed by atoms with E-state index in [1.54, 1.807) is 0 Å². The first-order chi connectivity index (χ1) is 11.5. The van der Waals surface area contributed by atoms with Gasteiger partial charge in [0, 0.05) is 35.2 Å². The van der Waals surface area contributed by atoms with Gasteiger partial charge >= 0.3 is 0 Å². The van der Waals surface area contributed by atoms with Gasteiger partial charge in [0.1, 0.15) is 0 Å². The van der Waals surface area contributed by atoms with Crippen molar-refractivity contribution in [3.8, 4) is 5.69 Å². The van der Waals surface area contributed by atoms with Crippen molar-refractivity contribution in [1.82, 2.24) is 14.8 Å². The third kappa shape index (κ3) is 3.21. The number of carbonyl (C=O) groups is 1. The molecule has 1 aromatic carbocycles. The van der Waals surface area contributed by atoms with Crippen LogP contribution >= 0.6 is 11.6 Å². The zero-order valence-corrected chi connectivity index (χ0v) is 15.2. The topological polar surface area (TPSA) is 37.3 Å². The Morgan fingerprint density at radius 3 is 2.83 bits per heavy atom. The number of benzene rings is 1. The molecular formula is C19H24ClN3O. The number of aryl methyl sites for hydroxylation is 1. The lowest BCUT2D eigenvalue weighted by molar-refractivity contribution is 0.0786. The maximum absolute atomic E-state index is 12.9. The molecule has 128 valence electrons. The molecule has 0 aliphatic carbocycles. The molecule has 2 aromatic rings. The molecule has 4 nitrogen and oxygen atoms in total. The standard InChI is InChI=1S/C19H24ClN3O/c1-13-9-18(19(24)22-8-7-15(12-22)11-21-3)14(2)23(13)17-6-4-5-16(20)10-17/h4-6,9-10,15,21H,7-8,11-12H2,1-3H3. The number of hydrogen-bond acceptors (Lipinski definition) is 2. The van der Waals surface area contributed by atoms with Crippen LogP contribution in [-0.2, 0) is 0 Å². The predicted molar refractivity (Wildman–Crippen MR) is 98.2 cm³/mol. The van der Waals surface area contributed by atoms with Gasteiger partial charge in [-0.05, 0) is 64.0 Å². The van der Waals surface area contributed by atoms with E-state index in [1.807, 2.05) is 56.1 Å². The maximum atomic E-state index is 12.9. The number of rotatable bonds is 4. The quantitative estimate of drug-likeness (QED) is 0.921. The minimum atomic E-state index is 0.134. The van der Waals surface area contributed by atoms with E-state index in [-0.39, 0.29) is 5.91 Å². The summed E-state index contributed by atoms with van der Waals surface area (Å²) in [5.74, 6) is 0.686. The number of nitrogens with one attached hydrogen (secondary N) is 1. The molecule has 0 bridgehead atoms. The van der Waals surface area contributed by atoms with Crippen LogP contribution in [0.2, 0.25) is 5.02 Å². The number of hydrogen-bond donors (Lipinski definition) is 1. The monoisotopic (exact) mass is 345 g/mol.